The topological polar surface area (TPSA) is 35.2 Å². The predicted octanol–water partition coefficient (Wildman–Crippen LogP) is 1.40. The lowest BCUT2D eigenvalue weighted by Gasteiger charge is -2.17. The van der Waals surface area contributed by atoms with Crippen molar-refractivity contribution in [2.45, 2.75) is 32.2 Å². The highest BCUT2D eigenvalue weighted by Crippen LogP contribution is 2.31. The summed E-state index contributed by atoms with van der Waals surface area (Å²) < 4.78 is 5.03. The van der Waals surface area contributed by atoms with Crippen LogP contribution in [-0.4, -0.2) is 19.8 Å². The predicted molar refractivity (Wildman–Crippen MR) is 46.4 cm³/mol. The third kappa shape index (κ3) is 2.46. The summed E-state index contributed by atoms with van der Waals surface area (Å²) in [6.45, 7) is 3.02. The van der Waals surface area contributed by atoms with Crippen LogP contribution in [0.25, 0.3) is 0 Å². The van der Waals surface area contributed by atoms with Crippen LogP contribution in [0.15, 0.2) is 0 Å². The molecule has 66 valence electrons. The van der Waals surface area contributed by atoms with E-state index in [0.717, 1.165) is 12.5 Å². The Morgan fingerprint density at radius 3 is 2.73 bits per heavy atom. The number of rotatable bonds is 3. The summed E-state index contributed by atoms with van der Waals surface area (Å²) in [5.74, 6) is 1.59. The van der Waals surface area contributed by atoms with Crippen molar-refractivity contribution < 1.29 is 4.74 Å². The van der Waals surface area contributed by atoms with E-state index >= 15 is 0 Å². The highest BCUT2D eigenvalue weighted by Gasteiger charge is 2.26. The van der Waals surface area contributed by atoms with Crippen molar-refractivity contribution in [1.29, 1.82) is 0 Å². The van der Waals surface area contributed by atoms with E-state index in [1.165, 1.54) is 19.3 Å². The molecule has 1 aliphatic carbocycles. The van der Waals surface area contributed by atoms with Gasteiger partial charge in [-0.05, 0) is 24.7 Å². The van der Waals surface area contributed by atoms with Crippen LogP contribution in [-0.2, 0) is 4.74 Å². The van der Waals surface area contributed by atoms with Gasteiger partial charge < -0.3 is 10.5 Å². The summed E-state index contributed by atoms with van der Waals surface area (Å²) >= 11 is 0. The van der Waals surface area contributed by atoms with Gasteiger partial charge in [0.2, 0.25) is 0 Å². The standard InChI is InChI=1S/C9H19NO/c1-7-3-4-8(5-7)9(10)6-11-2/h7-9H,3-6,10H2,1-2H3. The average molecular weight is 157 g/mol. The van der Waals surface area contributed by atoms with E-state index in [2.05, 4.69) is 6.92 Å². The fourth-order valence-electron chi connectivity index (χ4n) is 1.97. The molecule has 0 aromatic carbocycles. The highest BCUT2D eigenvalue weighted by molar-refractivity contribution is 4.80. The van der Waals surface area contributed by atoms with Crippen molar-refractivity contribution in [3.63, 3.8) is 0 Å². The van der Waals surface area contributed by atoms with Crippen molar-refractivity contribution in [3.8, 4) is 0 Å². The molecule has 0 aliphatic heterocycles. The molecule has 0 saturated heterocycles. The lowest BCUT2D eigenvalue weighted by atomic mass is 9.98. The molecule has 2 nitrogen and oxygen atoms in total. The lowest BCUT2D eigenvalue weighted by molar-refractivity contribution is 0.157. The first-order chi connectivity index (χ1) is 5.24. The maximum absolute atomic E-state index is 5.93. The Hall–Kier alpha value is -0.0800. The van der Waals surface area contributed by atoms with Crippen molar-refractivity contribution in [1.82, 2.24) is 0 Å². The van der Waals surface area contributed by atoms with Crippen LogP contribution in [0.2, 0.25) is 0 Å². The van der Waals surface area contributed by atoms with Crippen LogP contribution in [0.1, 0.15) is 26.2 Å². The van der Waals surface area contributed by atoms with Gasteiger partial charge in [0.05, 0.1) is 6.61 Å². The SMILES string of the molecule is COCC(N)C1CCC(C)C1. The molecule has 3 atom stereocenters. The van der Waals surface area contributed by atoms with Gasteiger partial charge in [0.25, 0.3) is 0 Å². The Morgan fingerprint density at radius 1 is 1.55 bits per heavy atom. The van der Waals surface area contributed by atoms with Crippen LogP contribution in [0, 0.1) is 11.8 Å². The first-order valence-electron chi connectivity index (χ1n) is 4.48. The largest absolute Gasteiger partial charge is 0.383 e. The molecular weight excluding hydrogens is 138 g/mol. The summed E-state index contributed by atoms with van der Waals surface area (Å²) in [4.78, 5) is 0. The zero-order valence-corrected chi connectivity index (χ0v) is 7.55. The number of nitrogens with two attached hydrogens (primary N) is 1. The molecule has 11 heavy (non-hydrogen) atoms. The lowest BCUT2D eigenvalue weighted by Crippen LogP contribution is -2.33. The molecule has 0 aromatic heterocycles. The molecule has 0 spiro atoms. The van der Waals surface area contributed by atoms with Crippen LogP contribution in [0.5, 0.6) is 0 Å². The van der Waals surface area contributed by atoms with Gasteiger partial charge in [0.1, 0.15) is 0 Å². The summed E-state index contributed by atoms with van der Waals surface area (Å²) in [5, 5.41) is 0. The van der Waals surface area contributed by atoms with Gasteiger partial charge in [0, 0.05) is 13.2 Å². The third-order valence-electron chi connectivity index (χ3n) is 2.70. The molecule has 0 amide bonds. The first-order valence-corrected chi connectivity index (χ1v) is 4.48. The number of hydrogen-bond acceptors (Lipinski definition) is 2. The zero-order chi connectivity index (χ0) is 8.27. The van der Waals surface area contributed by atoms with Crippen molar-refractivity contribution in [2.24, 2.45) is 17.6 Å². The smallest absolute Gasteiger partial charge is 0.0616 e. The molecule has 1 rings (SSSR count). The van der Waals surface area contributed by atoms with Crippen LogP contribution in [0.3, 0.4) is 0 Å². The Bertz CT molecular complexity index is 116. The fourth-order valence-corrected chi connectivity index (χ4v) is 1.97. The number of methoxy groups -OCH3 is 1. The van der Waals surface area contributed by atoms with Gasteiger partial charge in [-0.2, -0.15) is 0 Å². The Labute approximate surface area is 69.1 Å². The molecule has 0 bridgehead atoms. The second-order valence-corrected chi connectivity index (χ2v) is 3.80. The molecule has 1 saturated carbocycles. The summed E-state index contributed by atoms with van der Waals surface area (Å²) in [7, 11) is 1.72. The van der Waals surface area contributed by atoms with E-state index < -0.39 is 0 Å². The molecule has 0 aromatic rings. The van der Waals surface area contributed by atoms with Gasteiger partial charge >= 0.3 is 0 Å². The molecule has 2 heteroatoms. The second kappa shape index (κ2) is 4.07. The average Bonchev–Trinajstić information content (AvgIpc) is 2.36. The number of hydrogen-bond donors (Lipinski definition) is 1. The van der Waals surface area contributed by atoms with Gasteiger partial charge in [0.15, 0.2) is 0 Å². The Kier molecular flexibility index (Phi) is 3.34. The van der Waals surface area contributed by atoms with Crippen molar-refractivity contribution in [3.05, 3.63) is 0 Å². The zero-order valence-electron chi connectivity index (χ0n) is 7.55. The van der Waals surface area contributed by atoms with Crippen LogP contribution < -0.4 is 5.73 Å². The van der Waals surface area contributed by atoms with E-state index in [4.69, 9.17) is 10.5 Å². The summed E-state index contributed by atoms with van der Waals surface area (Å²) in [6, 6.07) is 0.268. The highest BCUT2D eigenvalue weighted by atomic mass is 16.5. The molecule has 0 radical (unpaired) electrons. The van der Waals surface area contributed by atoms with E-state index in [0.29, 0.717) is 5.92 Å². The van der Waals surface area contributed by atoms with Crippen molar-refractivity contribution >= 4 is 0 Å². The van der Waals surface area contributed by atoms with Gasteiger partial charge in [-0.3, -0.25) is 0 Å². The number of ether oxygens (including phenoxy) is 1. The minimum atomic E-state index is 0.268. The molecule has 1 aliphatic rings. The van der Waals surface area contributed by atoms with Crippen LogP contribution >= 0.6 is 0 Å². The fraction of sp³-hybridized carbons (Fsp3) is 1.00. The summed E-state index contributed by atoms with van der Waals surface area (Å²) in [5.41, 5.74) is 5.93. The quantitative estimate of drug-likeness (QED) is 0.672. The van der Waals surface area contributed by atoms with E-state index in [1.54, 1.807) is 7.11 Å². The van der Waals surface area contributed by atoms with E-state index in [-0.39, 0.29) is 6.04 Å². The van der Waals surface area contributed by atoms with Crippen molar-refractivity contribution in [2.75, 3.05) is 13.7 Å². The van der Waals surface area contributed by atoms with E-state index in [1.807, 2.05) is 0 Å². The molecule has 2 N–H and O–H groups in total. The first kappa shape index (κ1) is 9.01. The summed E-state index contributed by atoms with van der Waals surface area (Å²) in [6.07, 6.45) is 3.94. The maximum atomic E-state index is 5.93. The monoisotopic (exact) mass is 157 g/mol. The van der Waals surface area contributed by atoms with E-state index in [9.17, 15) is 0 Å². The molecule has 0 heterocycles. The van der Waals surface area contributed by atoms with Gasteiger partial charge in [-0.25, -0.2) is 0 Å². The van der Waals surface area contributed by atoms with Gasteiger partial charge in [-0.1, -0.05) is 13.3 Å². The van der Waals surface area contributed by atoms with Gasteiger partial charge in [-0.15, -0.1) is 0 Å². The Morgan fingerprint density at radius 2 is 2.27 bits per heavy atom. The maximum Gasteiger partial charge on any atom is 0.0616 e. The molecular formula is C9H19NO. The third-order valence-corrected chi connectivity index (χ3v) is 2.70. The second-order valence-electron chi connectivity index (χ2n) is 3.80. The minimum absolute atomic E-state index is 0.268. The Balaban J connectivity index is 2.25. The molecule has 3 unspecified atom stereocenters. The normalized spacial score (nSPS) is 34.1. The minimum Gasteiger partial charge on any atom is -0.383 e. The molecule has 1 fully saturated rings. The van der Waals surface area contributed by atoms with Crippen LogP contribution in [0.4, 0.5) is 0 Å².